The van der Waals surface area contributed by atoms with E-state index in [-0.39, 0.29) is 5.91 Å². The van der Waals surface area contributed by atoms with Gasteiger partial charge in [-0.15, -0.1) is 0 Å². The molecule has 0 spiro atoms. The number of methoxy groups -OCH3 is 1. The molecule has 2 aromatic rings. The van der Waals surface area contributed by atoms with Crippen LogP contribution in [0.4, 0.5) is 0 Å². The van der Waals surface area contributed by atoms with Crippen molar-refractivity contribution in [1.82, 2.24) is 5.32 Å². The van der Waals surface area contributed by atoms with Gasteiger partial charge >= 0.3 is 0 Å². The van der Waals surface area contributed by atoms with Gasteiger partial charge in [0.15, 0.2) is 0 Å². The lowest BCUT2D eigenvalue weighted by molar-refractivity contribution is 0.0953. The van der Waals surface area contributed by atoms with Crippen LogP contribution in [0.1, 0.15) is 21.5 Å². The average Bonchev–Trinajstić information content (AvgIpc) is 2.50. The van der Waals surface area contributed by atoms with E-state index in [1.807, 2.05) is 49.4 Å². The van der Waals surface area contributed by atoms with Gasteiger partial charge in [-0.2, -0.15) is 0 Å². The lowest BCUT2D eigenvalue weighted by atomic mass is 10.1. The zero-order chi connectivity index (χ0) is 15.2. The first-order chi connectivity index (χ1) is 10.1. The van der Waals surface area contributed by atoms with Crippen LogP contribution >= 0.6 is 15.9 Å². The Morgan fingerprint density at radius 1 is 1.19 bits per heavy atom. The number of carbonyl (C=O) groups is 1. The van der Waals surface area contributed by atoms with Gasteiger partial charge in [-0.1, -0.05) is 23.8 Å². The van der Waals surface area contributed by atoms with Crippen LogP contribution < -0.4 is 10.1 Å². The molecule has 1 N–H and O–H groups in total. The van der Waals surface area contributed by atoms with Gasteiger partial charge < -0.3 is 10.1 Å². The van der Waals surface area contributed by atoms with Gasteiger partial charge in [-0.3, -0.25) is 4.79 Å². The minimum Gasteiger partial charge on any atom is -0.497 e. The fourth-order valence-electron chi connectivity index (χ4n) is 2.02. The van der Waals surface area contributed by atoms with Crippen molar-refractivity contribution >= 4 is 21.8 Å². The second-order valence-electron chi connectivity index (χ2n) is 4.84. The molecule has 0 unspecified atom stereocenters. The molecule has 1 amide bonds. The standard InChI is InChI=1S/C17H18BrNO2/c1-12-3-8-16(18)15(11-12)17(20)19-10-9-13-4-6-14(21-2)7-5-13/h3-8,11H,9-10H2,1-2H3,(H,19,20). The Morgan fingerprint density at radius 2 is 1.90 bits per heavy atom. The van der Waals surface area contributed by atoms with Crippen molar-refractivity contribution in [2.75, 3.05) is 13.7 Å². The number of benzene rings is 2. The largest absolute Gasteiger partial charge is 0.497 e. The van der Waals surface area contributed by atoms with E-state index in [0.717, 1.165) is 22.2 Å². The quantitative estimate of drug-likeness (QED) is 0.894. The fourth-order valence-corrected chi connectivity index (χ4v) is 2.45. The van der Waals surface area contributed by atoms with Crippen LogP contribution in [0.2, 0.25) is 0 Å². The third-order valence-electron chi connectivity index (χ3n) is 3.22. The van der Waals surface area contributed by atoms with E-state index in [4.69, 9.17) is 4.74 Å². The summed E-state index contributed by atoms with van der Waals surface area (Å²) in [6.07, 6.45) is 0.791. The highest BCUT2D eigenvalue weighted by molar-refractivity contribution is 9.10. The van der Waals surface area contributed by atoms with E-state index >= 15 is 0 Å². The third kappa shape index (κ3) is 4.33. The van der Waals surface area contributed by atoms with Crippen LogP contribution in [0, 0.1) is 6.92 Å². The number of amides is 1. The number of nitrogens with one attached hydrogen (secondary N) is 1. The Morgan fingerprint density at radius 3 is 2.57 bits per heavy atom. The van der Waals surface area contributed by atoms with Crippen molar-refractivity contribution in [1.29, 1.82) is 0 Å². The maximum Gasteiger partial charge on any atom is 0.252 e. The van der Waals surface area contributed by atoms with Crippen molar-refractivity contribution in [2.45, 2.75) is 13.3 Å². The number of hydrogen-bond donors (Lipinski definition) is 1. The van der Waals surface area contributed by atoms with Crippen molar-refractivity contribution in [3.05, 3.63) is 63.6 Å². The summed E-state index contributed by atoms with van der Waals surface area (Å²) >= 11 is 3.41. The first-order valence-corrected chi connectivity index (χ1v) is 7.56. The molecule has 0 atom stereocenters. The van der Waals surface area contributed by atoms with Crippen molar-refractivity contribution < 1.29 is 9.53 Å². The summed E-state index contributed by atoms with van der Waals surface area (Å²) in [6.45, 7) is 2.58. The van der Waals surface area contributed by atoms with Crippen LogP contribution in [-0.4, -0.2) is 19.6 Å². The highest BCUT2D eigenvalue weighted by Gasteiger charge is 2.09. The molecule has 0 aliphatic heterocycles. The molecular formula is C17H18BrNO2. The highest BCUT2D eigenvalue weighted by Crippen LogP contribution is 2.18. The van der Waals surface area contributed by atoms with Gasteiger partial charge in [0.2, 0.25) is 0 Å². The Bertz CT molecular complexity index is 623. The molecule has 0 heterocycles. The highest BCUT2D eigenvalue weighted by atomic mass is 79.9. The molecule has 2 rings (SSSR count). The minimum atomic E-state index is -0.0564. The van der Waals surface area contributed by atoms with Crippen molar-refractivity contribution in [3.8, 4) is 5.75 Å². The molecule has 0 saturated carbocycles. The van der Waals surface area contributed by atoms with Crippen molar-refractivity contribution in [2.24, 2.45) is 0 Å². The lowest BCUT2D eigenvalue weighted by Gasteiger charge is -2.08. The maximum atomic E-state index is 12.1. The predicted molar refractivity (Wildman–Crippen MR) is 87.9 cm³/mol. The predicted octanol–water partition coefficient (Wildman–Crippen LogP) is 3.74. The smallest absolute Gasteiger partial charge is 0.252 e. The van der Waals surface area contributed by atoms with E-state index in [1.54, 1.807) is 7.11 Å². The number of ether oxygens (including phenoxy) is 1. The molecule has 2 aromatic carbocycles. The number of hydrogen-bond acceptors (Lipinski definition) is 2. The molecule has 110 valence electrons. The molecule has 0 saturated heterocycles. The van der Waals surface area contributed by atoms with Crippen LogP contribution in [-0.2, 0) is 6.42 Å². The molecule has 4 heteroatoms. The Labute approximate surface area is 133 Å². The molecule has 0 aromatic heterocycles. The first kappa shape index (κ1) is 15.6. The van der Waals surface area contributed by atoms with E-state index in [9.17, 15) is 4.79 Å². The Kier molecular flexibility index (Phi) is 5.39. The fraction of sp³-hybridized carbons (Fsp3) is 0.235. The number of carbonyl (C=O) groups excluding carboxylic acids is 1. The minimum absolute atomic E-state index is 0.0564. The monoisotopic (exact) mass is 347 g/mol. The number of halogens is 1. The van der Waals surface area contributed by atoms with Crippen LogP contribution in [0.3, 0.4) is 0 Å². The molecule has 3 nitrogen and oxygen atoms in total. The number of rotatable bonds is 5. The Hall–Kier alpha value is -1.81. The zero-order valence-electron chi connectivity index (χ0n) is 12.2. The summed E-state index contributed by atoms with van der Waals surface area (Å²) in [5, 5.41) is 2.94. The second-order valence-corrected chi connectivity index (χ2v) is 5.69. The van der Waals surface area contributed by atoms with Gasteiger partial charge in [0.1, 0.15) is 5.75 Å². The average molecular weight is 348 g/mol. The summed E-state index contributed by atoms with van der Waals surface area (Å²) in [7, 11) is 1.65. The normalized spacial score (nSPS) is 10.2. The molecular weight excluding hydrogens is 330 g/mol. The number of aryl methyl sites for hydroxylation is 1. The SMILES string of the molecule is COc1ccc(CCNC(=O)c2cc(C)ccc2Br)cc1. The zero-order valence-corrected chi connectivity index (χ0v) is 13.7. The summed E-state index contributed by atoms with van der Waals surface area (Å²) in [5.74, 6) is 0.783. The maximum absolute atomic E-state index is 12.1. The van der Waals surface area contributed by atoms with E-state index < -0.39 is 0 Å². The van der Waals surface area contributed by atoms with Crippen LogP contribution in [0.25, 0.3) is 0 Å². The third-order valence-corrected chi connectivity index (χ3v) is 3.92. The van der Waals surface area contributed by atoms with Crippen LogP contribution in [0.5, 0.6) is 5.75 Å². The molecule has 0 radical (unpaired) electrons. The molecule has 0 fully saturated rings. The van der Waals surface area contributed by atoms with Gasteiger partial charge in [0, 0.05) is 11.0 Å². The Balaban J connectivity index is 1.90. The van der Waals surface area contributed by atoms with Crippen molar-refractivity contribution in [3.63, 3.8) is 0 Å². The van der Waals surface area contributed by atoms with Crippen LogP contribution in [0.15, 0.2) is 46.9 Å². The summed E-state index contributed by atoms with van der Waals surface area (Å²) in [6, 6.07) is 13.6. The summed E-state index contributed by atoms with van der Waals surface area (Å²) < 4.78 is 5.93. The summed E-state index contributed by atoms with van der Waals surface area (Å²) in [4.78, 5) is 12.1. The topological polar surface area (TPSA) is 38.3 Å². The molecule has 0 bridgehead atoms. The van der Waals surface area contributed by atoms with E-state index in [1.165, 1.54) is 5.56 Å². The second kappa shape index (κ2) is 7.27. The van der Waals surface area contributed by atoms with Gasteiger partial charge in [-0.05, 0) is 59.1 Å². The molecule has 21 heavy (non-hydrogen) atoms. The van der Waals surface area contributed by atoms with Gasteiger partial charge in [-0.25, -0.2) is 0 Å². The summed E-state index contributed by atoms with van der Waals surface area (Å²) in [5.41, 5.74) is 2.91. The molecule has 0 aliphatic rings. The van der Waals surface area contributed by atoms with E-state index in [0.29, 0.717) is 12.1 Å². The lowest BCUT2D eigenvalue weighted by Crippen LogP contribution is -2.26. The van der Waals surface area contributed by atoms with Gasteiger partial charge in [0.25, 0.3) is 5.91 Å². The van der Waals surface area contributed by atoms with Gasteiger partial charge in [0.05, 0.1) is 12.7 Å². The van der Waals surface area contributed by atoms with E-state index in [2.05, 4.69) is 21.2 Å². The first-order valence-electron chi connectivity index (χ1n) is 6.77. The molecule has 0 aliphatic carbocycles.